The number of allylic oxidation sites excluding steroid dienone is 1. The molecule has 3 rings (SSSR count). The fourth-order valence-corrected chi connectivity index (χ4v) is 2.26. The van der Waals surface area contributed by atoms with E-state index in [0.29, 0.717) is 27.6 Å². The van der Waals surface area contributed by atoms with Crippen molar-refractivity contribution in [1.29, 1.82) is 0 Å². The van der Waals surface area contributed by atoms with Gasteiger partial charge in [0.2, 0.25) is 6.79 Å². The van der Waals surface area contributed by atoms with Gasteiger partial charge in [-0.05, 0) is 42.0 Å². The topological polar surface area (TPSA) is 78.7 Å². The van der Waals surface area contributed by atoms with Crippen molar-refractivity contribution < 1.29 is 19.2 Å². The molecule has 6 nitrogen and oxygen atoms in total. The average Bonchev–Trinajstić information content (AvgIpc) is 3.01. The normalized spacial score (nSPS) is 12.6. The third-order valence-electron chi connectivity index (χ3n) is 3.26. The van der Waals surface area contributed by atoms with Crippen LogP contribution < -0.4 is 9.47 Å². The van der Waals surface area contributed by atoms with E-state index in [1.807, 2.05) is 0 Å². The zero-order chi connectivity index (χ0) is 16.4. The number of carbonyl (C=O) groups excluding carboxylic acids is 1. The lowest BCUT2D eigenvalue weighted by atomic mass is 10.1. The van der Waals surface area contributed by atoms with Crippen molar-refractivity contribution in [3.8, 4) is 11.5 Å². The van der Waals surface area contributed by atoms with E-state index in [0.717, 1.165) is 0 Å². The quantitative estimate of drug-likeness (QED) is 0.368. The maximum Gasteiger partial charge on any atom is 0.270 e. The zero-order valence-electron chi connectivity index (χ0n) is 11.7. The monoisotopic (exact) mass is 331 g/mol. The van der Waals surface area contributed by atoms with Crippen LogP contribution in [0.5, 0.6) is 11.5 Å². The molecule has 23 heavy (non-hydrogen) atoms. The summed E-state index contributed by atoms with van der Waals surface area (Å²) in [5, 5.41) is 11.1. The number of benzene rings is 2. The van der Waals surface area contributed by atoms with Crippen LogP contribution >= 0.6 is 11.6 Å². The molecule has 0 aromatic heterocycles. The van der Waals surface area contributed by atoms with Crippen molar-refractivity contribution in [3.05, 3.63) is 68.7 Å². The Morgan fingerprint density at radius 3 is 2.74 bits per heavy atom. The van der Waals surface area contributed by atoms with Gasteiger partial charge in [-0.3, -0.25) is 14.9 Å². The Hall–Kier alpha value is -2.86. The Labute approximate surface area is 136 Å². The van der Waals surface area contributed by atoms with Crippen LogP contribution in [0.15, 0.2) is 42.5 Å². The number of nitro groups is 1. The SMILES string of the molecule is O=C(/C=C/c1cc([N+](=O)[O-])ccc1Cl)c1ccc2c(c1)OCO2. The summed E-state index contributed by atoms with van der Waals surface area (Å²) in [5.41, 5.74) is 0.728. The summed E-state index contributed by atoms with van der Waals surface area (Å²) in [7, 11) is 0. The summed E-state index contributed by atoms with van der Waals surface area (Å²) in [5.74, 6) is 0.829. The van der Waals surface area contributed by atoms with Crippen LogP contribution in [0, 0.1) is 10.1 Å². The Bertz CT molecular complexity index is 831. The number of rotatable bonds is 4. The number of carbonyl (C=O) groups is 1. The minimum absolute atomic E-state index is 0.0930. The fourth-order valence-electron chi connectivity index (χ4n) is 2.08. The van der Waals surface area contributed by atoms with Crippen molar-refractivity contribution in [1.82, 2.24) is 0 Å². The Balaban J connectivity index is 1.84. The van der Waals surface area contributed by atoms with Gasteiger partial charge in [-0.15, -0.1) is 0 Å². The predicted molar refractivity (Wildman–Crippen MR) is 84.0 cm³/mol. The van der Waals surface area contributed by atoms with Crippen LogP contribution in [0.3, 0.4) is 0 Å². The number of nitrogens with zero attached hydrogens (tertiary/aromatic N) is 1. The third-order valence-corrected chi connectivity index (χ3v) is 3.61. The maximum absolute atomic E-state index is 12.2. The van der Waals surface area contributed by atoms with Gasteiger partial charge in [0.05, 0.1) is 4.92 Å². The van der Waals surface area contributed by atoms with Gasteiger partial charge in [0.25, 0.3) is 5.69 Å². The number of halogens is 1. The molecule has 0 atom stereocenters. The molecule has 0 radical (unpaired) electrons. The number of hydrogen-bond donors (Lipinski definition) is 0. The highest BCUT2D eigenvalue weighted by Gasteiger charge is 2.15. The minimum atomic E-state index is -0.521. The van der Waals surface area contributed by atoms with E-state index in [-0.39, 0.29) is 18.3 Å². The molecule has 0 aliphatic carbocycles. The summed E-state index contributed by atoms with van der Waals surface area (Å²) in [6.07, 6.45) is 2.75. The number of non-ortho nitro benzene ring substituents is 1. The van der Waals surface area contributed by atoms with Crippen molar-refractivity contribution >= 4 is 29.1 Å². The van der Waals surface area contributed by atoms with E-state index in [1.165, 1.54) is 30.4 Å². The van der Waals surface area contributed by atoms with Crippen LogP contribution in [-0.4, -0.2) is 17.5 Å². The molecule has 0 saturated carbocycles. The summed E-state index contributed by atoms with van der Waals surface area (Å²) in [4.78, 5) is 22.4. The van der Waals surface area contributed by atoms with Gasteiger partial charge in [-0.1, -0.05) is 11.6 Å². The number of hydrogen-bond acceptors (Lipinski definition) is 5. The van der Waals surface area contributed by atoms with Crippen molar-refractivity contribution in [2.24, 2.45) is 0 Å². The van der Waals surface area contributed by atoms with Gasteiger partial charge in [0.1, 0.15) is 0 Å². The third kappa shape index (κ3) is 3.17. The molecule has 0 unspecified atom stereocenters. The Kier molecular flexibility index (Phi) is 3.99. The van der Waals surface area contributed by atoms with Crippen LogP contribution in [0.4, 0.5) is 5.69 Å². The van der Waals surface area contributed by atoms with Crippen LogP contribution in [-0.2, 0) is 0 Å². The number of fused-ring (bicyclic) bond motifs is 1. The predicted octanol–water partition coefficient (Wildman–Crippen LogP) is 3.87. The fraction of sp³-hybridized carbons (Fsp3) is 0.0625. The largest absolute Gasteiger partial charge is 0.454 e. The second-order valence-electron chi connectivity index (χ2n) is 4.73. The lowest BCUT2D eigenvalue weighted by Crippen LogP contribution is -1.95. The standard InChI is InChI=1S/C16H10ClNO5/c17-13-4-3-12(18(20)21)7-10(13)1-5-14(19)11-2-6-15-16(8-11)23-9-22-15/h1-8H,9H2/b5-1+. The maximum atomic E-state index is 12.2. The molecule has 0 spiro atoms. The first-order chi connectivity index (χ1) is 11.0. The second kappa shape index (κ2) is 6.10. The van der Waals surface area contributed by atoms with Crippen molar-refractivity contribution in [2.75, 3.05) is 6.79 Å². The first kappa shape index (κ1) is 15.1. The van der Waals surface area contributed by atoms with Gasteiger partial charge < -0.3 is 9.47 Å². The Morgan fingerprint density at radius 1 is 1.17 bits per heavy atom. The number of ether oxygens (including phenoxy) is 2. The van der Waals surface area contributed by atoms with Gasteiger partial charge in [-0.2, -0.15) is 0 Å². The molecule has 0 N–H and O–H groups in total. The zero-order valence-corrected chi connectivity index (χ0v) is 12.4. The second-order valence-corrected chi connectivity index (χ2v) is 5.14. The van der Waals surface area contributed by atoms with E-state index in [9.17, 15) is 14.9 Å². The molecule has 0 amide bonds. The highest BCUT2D eigenvalue weighted by Crippen LogP contribution is 2.32. The molecule has 1 aliphatic heterocycles. The molecule has 0 fully saturated rings. The van der Waals surface area contributed by atoms with Crippen LogP contribution in [0.25, 0.3) is 6.08 Å². The molecular weight excluding hydrogens is 322 g/mol. The van der Waals surface area contributed by atoms with Crippen molar-refractivity contribution in [2.45, 2.75) is 0 Å². The summed E-state index contributed by atoms with van der Waals surface area (Å²) in [6, 6.07) is 8.90. The van der Waals surface area contributed by atoms with Crippen LogP contribution in [0.2, 0.25) is 5.02 Å². The van der Waals surface area contributed by atoms with Gasteiger partial charge in [0.15, 0.2) is 17.3 Å². The molecule has 0 saturated heterocycles. The van der Waals surface area contributed by atoms with E-state index in [2.05, 4.69) is 0 Å². The van der Waals surface area contributed by atoms with Gasteiger partial charge in [0, 0.05) is 22.7 Å². The van der Waals surface area contributed by atoms with E-state index >= 15 is 0 Å². The molecule has 0 bridgehead atoms. The molecular formula is C16H10ClNO5. The summed E-state index contributed by atoms with van der Waals surface area (Å²) >= 11 is 5.99. The van der Waals surface area contributed by atoms with Gasteiger partial charge in [-0.25, -0.2) is 0 Å². The molecule has 2 aromatic carbocycles. The molecule has 2 aromatic rings. The average molecular weight is 332 g/mol. The van der Waals surface area contributed by atoms with E-state index in [1.54, 1.807) is 18.2 Å². The van der Waals surface area contributed by atoms with E-state index < -0.39 is 4.92 Å². The molecule has 116 valence electrons. The van der Waals surface area contributed by atoms with Gasteiger partial charge >= 0.3 is 0 Å². The smallest absolute Gasteiger partial charge is 0.270 e. The van der Waals surface area contributed by atoms with E-state index in [4.69, 9.17) is 21.1 Å². The first-order valence-corrected chi connectivity index (χ1v) is 6.98. The highest BCUT2D eigenvalue weighted by molar-refractivity contribution is 6.32. The minimum Gasteiger partial charge on any atom is -0.454 e. The summed E-state index contributed by atoms with van der Waals surface area (Å²) < 4.78 is 10.4. The number of ketones is 1. The Morgan fingerprint density at radius 2 is 1.96 bits per heavy atom. The van der Waals surface area contributed by atoms with Crippen LogP contribution in [0.1, 0.15) is 15.9 Å². The lowest BCUT2D eigenvalue weighted by Gasteiger charge is -2.00. The molecule has 1 heterocycles. The molecule has 1 aliphatic rings. The highest BCUT2D eigenvalue weighted by atomic mass is 35.5. The van der Waals surface area contributed by atoms with Crippen molar-refractivity contribution in [3.63, 3.8) is 0 Å². The number of nitro benzene ring substituents is 1. The lowest BCUT2D eigenvalue weighted by molar-refractivity contribution is -0.384. The summed E-state index contributed by atoms with van der Waals surface area (Å²) in [6.45, 7) is 0.131. The molecule has 7 heteroatoms. The first-order valence-electron chi connectivity index (χ1n) is 6.60.